The van der Waals surface area contributed by atoms with E-state index in [2.05, 4.69) is 4.98 Å². The smallest absolute Gasteiger partial charge is 0.275 e. The highest BCUT2D eigenvalue weighted by atomic mass is 32.1. The number of amides is 1. The van der Waals surface area contributed by atoms with Crippen LogP contribution in [0.3, 0.4) is 0 Å². The van der Waals surface area contributed by atoms with Gasteiger partial charge in [0.1, 0.15) is 4.53 Å². The first kappa shape index (κ1) is 14.4. The van der Waals surface area contributed by atoms with E-state index in [-0.39, 0.29) is 11.5 Å². The number of rotatable bonds is 1. The molecule has 6 heteroatoms. The zero-order valence-corrected chi connectivity index (χ0v) is 14.2. The van der Waals surface area contributed by atoms with Gasteiger partial charge in [-0.1, -0.05) is 41.7 Å². The molecule has 0 aliphatic carbocycles. The van der Waals surface area contributed by atoms with Crippen molar-refractivity contribution < 1.29 is 4.79 Å². The highest BCUT2D eigenvalue weighted by molar-refractivity contribution is 7.15. The Kier molecular flexibility index (Phi) is 2.87. The summed E-state index contributed by atoms with van der Waals surface area (Å²) in [5.41, 5.74) is 3.56. The van der Waals surface area contributed by atoms with Crippen LogP contribution in [0.25, 0.3) is 21.6 Å². The van der Waals surface area contributed by atoms with Crippen molar-refractivity contribution in [3.05, 3.63) is 69.0 Å². The van der Waals surface area contributed by atoms with Crippen molar-refractivity contribution in [1.82, 2.24) is 9.38 Å². The van der Waals surface area contributed by atoms with E-state index < -0.39 is 0 Å². The van der Waals surface area contributed by atoms with Crippen molar-refractivity contribution in [1.29, 1.82) is 0 Å². The van der Waals surface area contributed by atoms with Crippen molar-refractivity contribution >= 4 is 44.5 Å². The standard InChI is InChI=1S/C19H13N3O2S/c1-2-21-13-9-5-3-7-11(13)15(17(21)23)16-18(24)22-14-10-6-4-8-12(14)20-19(22)25-16/h3-10H,2H2,1H3. The summed E-state index contributed by atoms with van der Waals surface area (Å²) in [6.45, 7) is 2.50. The molecule has 1 amide bonds. The maximum absolute atomic E-state index is 13.1. The third-order valence-electron chi connectivity index (χ3n) is 4.59. The molecule has 1 aliphatic rings. The van der Waals surface area contributed by atoms with Gasteiger partial charge in [0.05, 0.1) is 22.3 Å². The maximum Gasteiger partial charge on any atom is 0.275 e. The number of likely N-dealkylation sites (N-methyl/N-ethyl adjacent to an activating group) is 1. The summed E-state index contributed by atoms with van der Waals surface area (Å²) in [7, 11) is 0. The minimum absolute atomic E-state index is 0.116. The summed E-state index contributed by atoms with van der Waals surface area (Å²) in [4.78, 5) is 32.9. The Morgan fingerprint density at radius 1 is 1.04 bits per heavy atom. The van der Waals surface area contributed by atoms with Gasteiger partial charge in [0.15, 0.2) is 4.96 Å². The van der Waals surface area contributed by atoms with Gasteiger partial charge in [0, 0.05) is 12.1 Å². The molecule has 0 N–H and O–H groups in total. The first-order valence-corrected chi connectivity index (χ1v) is 8.88. The number of thiazole rings is 1. The normalized spacial score (nSPS) is 16.2. The number of nitrogens with zero attached hydrogens (tertiary/aromatic N) is 3. The van der Waals surface area contributed by atoms with E-state index in [0.29, 0.717) is 21.6 Å². The number of benzene rings is 2. The van der Waals surface area contributed by atoms with Crippen molar-refractivity contribution in [2.45, 2.75) is 6.92 Å². The summed E-state index contributed by atoms with van der Waals surface area (Å²) >= 11 is 1.28. The molecule has 5 rings (SSSR count). The predicted molar refractivity (Wildman–Crippen MR) is 99.0 cm³/mol. The Labute approximate surface area is 146 Å². The van der Waals surface area contributed by atoms with Gasteiger partial charge in [-0.25, -0.2) is 9.38 Å². The average molecular weight is 347 g/mol. The van der Waals surface area contributed by atoms with Crippen LogP contribution in [0.4, 0.5) is 5.69 Å². The van der Waals surface area contributed by atoms with E-state index >= 15 is 0 Å². The quantitative estimate of drug-likeness (QED) is 0.530. The van der Waals surface area contributed by atoms with Crippen LogP contribution in [-0.2, 0) is 4.79 Å². The molecular formula is C19H13N3O2S. The molecule has 122 valence electrons. The van der Waals surface area contributed by atoms with Gasteiger partial charge in [-0.2, -0.15) is 0 Å². The molecule has 0 radical (unpaired) electrons. The van der Waals surface area contributed by atoms with Crippen molar-refractivity contribution in [2.24, 2.45) is 0 Å². The SMILES string of the molecule is CCN1C(=O)C(=c2sc3nc4ccccc4n3c2=O)c2ccccc21. The summed E-state index contributed by atoms with van der Waals surface area (Å²) in [5.74, 6) is -0.116. The van der Waals surface area contributed by atoms with Crippen LogP contribution in [0, 0.1) is 0 Å². The first-order valence-electron chi connectivity index (χ1n) is 8.06. The van der Waals surface area contributed by atoms with Gasteiger partial charge in [0.25, 0.3) is 11.5 Å². The van der Waals surface area contributed by atoms with E-state index in [9.17, 15) is 9.59 Å². The predicted octanol–water partition coefficient (Wildman–Crippen LogP) is 2.19. The molecular weight excluding hydrogens is 334 g/mol. The van der Waals surface area contributed by atoms with E-state index in [1.54, 1.807) is 9.30 Å². The number of fused-ring (bicyclic) bond motifs is 4. The van der Waals surface area contributed by atoms with Gasteiger partial charge in [-0.3, -0.25) is 9.59 Å². The molecule has 0 saturated heterocycles. The topological polar surface area (TPSA) is 54.7 Å². The number of imidazole rings is 1. The third-order valence-corrected chi connectivity index (χ3v) is 5.63. The van der Waals surface area contributed by atoms with Crippen molar-refractivity contribution in [3.63, 3.8) is 0 Å². The second kappa shape index (κ2) is 5.00. The summed E-state index contributed by atoms with van der Waals surface area (Å²) in [6, 6.07) is 15.2. The van der Waals surface area contributed by atoms with Gasteiger partial charge in [0.2, 0.25) is 0 Å². The van der Waals surface area contributed by atoms with Crippen LogP contribution in [0.2, 0.25) is 0 Å². The molecule has 0 saturated carbocycles. The largest absolute Gasteiger partial charge is 0.308 e. The average Bonchev–Trinajstić information content (AvgIpc) is 3.23. The Morgan fingerprint density at radius 2 is 1.80 bits per heavy atom. The summed E-state index contributed by atoms with van der Waals surface area (Å²) in [5, 5.41) is 0. The van der Waals surface area contributed by atoms with Crippen LogP contribution >= 0.6 is 11.3 Å². The summed E-state index contributed by atoms with van der Waals surface area (Å²) < 4.78 is 2.06. The Balaban J connectivity index is 1.94. The Bertz CT molecular complexity index is 1290. The lowest BCUT2D eigenvalue weighted by atomic mass is 10.1. The van der Waals surface area contributed by atoms with E-state index in [1.165, 1.54) is 11.3 Å². The lowest BCUT2D eigenvalue weighted by Crippen LogP contribution is -2.32. The van der Waals surface area contributed by atoms with Crippen LogP contribution < -0.4 is 15.0 Å². The molecule has 3 heterocycles. The molecule has 0 spiro atoms. The number of hydrogen-bond donors (Lipinski definition) is 0. The molecule has 0 atom stereocenters. The lowest BCUT2D eigenvalue weighted by molar-refractivity contribution is -0.113. The van der Waals surface area contributed by atoms with Crippen LogP contribution in [0.15, 0.2) is 53.3 Å². The van der Waals surface area contributed by atoms with Crippen molar-refractivity contribution in [2.75, 3.05) is 11.4 Å². The molecule has 2 aromatic heterocycles. The number of para-hydroxylation sites is 3. The fraction of sp³-hybridized carbons (Fsp3) is 0.105. The molecule has 0 fully saturated rings. The molecule has 1 aliphatic heterocycles. The van der Waals surface area contributed by atoms with E-state index in [1.807, 2.05) is 55.5 Å². The molecule has 25 heavy (non-hydrogen) atoms. The van der Waals surface area contributed by atoms with Crippen molar-refractivity contribution in [3.8, 4) is 0 Å². The number of anilines is 1. The molecule has 5 nitrogen and oxygen atoms in total. The lowest BCUT2D eigenvalue weighted by Gasteiger charge is -2.13. The zero-order chi connectivity index (χ0) is 17.1. The fourth-order valence-corrected chi connectivity index (χ4v) is 4.55. The molecule has 2 aromatic carbocycles. The zero-order valence-electron chi connectivity index (χ0n) is 13.4. The first-order chi connectivity index (χ1) is 12.2. The monoisotopic (exact) mass is 347 g/mol. The van der Waals surface area contributed by atoms with Gasteiger partial charge >= 0.3 is 0 Å². The van der Waals surface area contributed by atoms with E-state index in [4.69, 9.17) is 0 Å². The minimum Gasteiger partial charge on any atom is -0.308 e. The molecule has 0 bridgehead atoms. The molecule has 0 unspecified atom stereocenters. The van der Waals surface area contributed by atoms with Gasteiger partial charge in [-0.15, -0.1) is 0 Å². The Hall–Kier alpha value is -2.99. The molecule has 4 aromatic rings. The Morgan fingerprint density at radius 3 is 2.64 bits per heavy atom. The minimum atomic E-state index is -0.176. The number of carbonyl (C=O) groups excluding carboxylic acids is 1. The number of hydrogen-bond acceptors (Lipinski definition) is 4. The summed E-state index contributed by atoms with van der Waals surface area (Å²) in [6.07, 6.45) is 0. The van der Waals surface area contributed by atoms with E-state index in [0.717, 1.165) is 22.3 Å². The number of aromatic nitrogens is 2. The van der Waals surface area contributed by atoms with Gasteiger partial charge < -0.3 is 4.90 Å². The highest BCUT2D eigenvalue weighted by Crippen LogP contribution is 2.34. The number of carbonyl (C=O) groups is 1. The van der Waals surface area contributed by atoms with Crippen LogP contribution in [0.5, 0.6) is 0 Å². The maximum atomic E-state index is 13.1. The van der Waals surface area contributed by atoms with Crippen LogP contribution in [0.1, 0.15) is 12.5 Å². The fourth-order valence-electron chi connectivity index (χ4n) is 3.48. The van der Waals surface area contributed by atoms with Gasteiger partial charge in [-0.05, 0) is 25.1 Å². The second-order valence-electron chi connectivity index (χ2n) is 5.90. The second-order valence-corrected chi connectivity index (χ2v) is 6.87. The third kappa shape index (κ3) is 1.80. The highest BCUT2D eigenvalue weighted by Gasteiger charge is 2.33. The van der Waals surface area contributed by atoms with Crippen LogP contribution in [-0.4, -0.2) is 21.8 Å².